The molecule has 0 aliphatic heterocycles. The number of carbonyl (C=O) groups is 1. The van der Waals surface area contributed by atoms with Crippen molar-refractivity contribution in [3.8, 4) is 11.3 Å². The summed E-state index contributed by atoms with van der Waals surface area (Å²) in [4.78, 5) is 14.2. The molecule has 5 heteroatoms. The van der Waals surface area contributed by atoms with Crippen molar-refractivity contribution in [2.45, 2.75) is 25.9 Å². The molecule has 146 valence electrons. The highest BCUT2D eigenvalue weighted by Crippen LogP contribution is 2.25. The molecule has 0 fully saturated rings. The van der Waals surface area contributed by atoms with Crippen LogP contribution in [0.2, 0.25) is 0 Å². The lowest BCUT2D eigenvalue weighted by atomic mass is 10.1. The summed E-state index contributed by atoms with van der Waals surface area (Å²) in [7, 11) is 4.07. The standard InChI is InChI=1S/C23H25FN2O2/c1-26(2)16-18-9-7-17(8-10-18)15-25-23(27)14-12-19-11-13-22(28-19)20-5-3-4-6-21(20)24/h3-11,13H,12,14-16H2,1-2H3,(H,25,27). The summed E-state index contributed by atoms with van der Waals surface area (Å²) in [5, 5.41) is 2.93. The molecule has 2 aromatic carbocycles. The molecule has 0 aliphatic carbocycles. The Balaban J connectivity index is 1.46. The number of furan rings is 1. The summed E-state index contributed by atoms with van der Waals surface area (Å²) >= 11 is 0. The zero-order valence-electron chi connectivity index (χ0n) is 16.2. The van der Waals surface area contributed by atoms with E-state index in [4.69, 9.17) is 4.42 Å². The third-order valence-corrected chi connectivity index (χ3v) is 4.41. The maximum atomic E-state index is 13.8. The molecule has 0 atom stereocenters. The highest BCUT2D eigenvalue weighted by atomic mass is 19.1. The van der Waals surface area contributed by atoms with E-state index in [0.29, 0.717) is 36.5 Å². The third-order valence-electron chi connectivity index (χ3n) is 4.41. The highest BCUT2D eigenvalue weighted by molar-refractivity contribution is 5.76. The minimum Gasteiger partial charge on any atom is -0.461 e. The lowest BCUT2D eigenvalue weighted by molar-refractivity contribution is -0.121. The van der Waals surface area contributed by atoms with Gasteiger partial charge in [0, 0.05) is 25.9 Å². The second-order valence-corrected chi connectivity index (χ2v) is 7.08. The Labute approximate surface area is 165 Å². The first-order valence-corrected chi connectivity index (χ1v) is 9.34. The molecular weight excluding hydrogens is 355 g/mol. The number of rotatable bonds is 8. The van der Waals surface area contributed by atoms with Crippen molar-refractivity contribution in [2.24, 2.45) is 0 Å². The van der Waals surface area contributed by atoms with Crippen molar-refractivity contribution >= 4 is 5.91 Å². The summed E-state index contributed by atoms with van der Waals surface area (Å²) in [6.07, 6.45) is 0.797. The predicted molar refractivity (Wildman–Crippen MR) is 108 cm³/mol. The van der Waals surface area contributed by atoms with Gasteiger partial charge in [0.05, 0.1) is 5.56 Å². The van der Waals surface area contributed by atoms with Gasteiger partial charge in [-0.25, -0.2) is 4.39 Å². The number of amides is 1. The summed E-state index contributed by atoms with van der Waals surface area (Å²) in [5.74, 6) is 0.784. The van der Waals surface area contributed by atoms with Gasteiger partial charge in [0.15, 0.2) is 0 Å². The second-order valence-electron chi connectivity index (χ2n) is 7.08. The molecule has 0 bridgehead atoms. The lowest BCUT2D eigenvalue weighted by Crippen LogP contribution is -2.23. The van der Waals surface area contributed by atoms with Crippen LogP contribution in [0.4, 0.5) is 4.39 Å². The van der Waals surface area contributed by atoms with Crippen molar-refractivity contribution < 1.29 is 13.6 Å². The zero-order chi connectivity index (χ0) is 19.9. The molecule has 1 amide bonds. The van der Waals surface area contributed by atoms with E-state index in [1.54, 1.807) is 30.3 Å². The van der Waals surface area contributed by atoms with Crippen molar-refractivity contribution in [2.75, 3.05) is 14.1 Å². The van der Waals surface area contributed by atoms with E-state index < -0.39 is 0 Å². The van der Waals surface area contributed by atoms with Crippen molar-refractivity contribution in [1.82, 2.24) is 10.2 Å². The Morgan fingerprint density at radius 1 is 1.00 bits per heavy atom. The van der Waals surface area contributed by atoms with Gasteiger partial charge in [-0.2, -0.15) is 0 Å². The van der Waals surface area contributed by atoms with Crippen LogP contribution in [0.1, 0.15) is 23.3 Å². The van der Waals surface area contributed by atoms with E-state index in [-0.39, 0.29) is 11.7 Å². The van der Waals surface area contributed by atoms with Gasteiger partial charge >= 0.3 is 0 Å². The molecule has 1 heterocycles. The summed E-state index contributed by atoms with van der Waals surface area (Å²) in [6.45, 7) is 1.39. The molecule has 1 N–H and O–H groups in total. The van der Waals surface area contributed by atoms with E-state index >= 15 is 0 Å². The van der Waals surface area contributed by atoms with Crippen LogP contribution in [0, 0.1) is 5.82 Å². The van der Waals surface area contributed by atoms with Crippen LogP contribution in [0.25, 0.3) is 11.3 Å². The average Bonchev–Trinajstić information content (AvgIpc) is 3.14. The minimum absolute atomic E-state index is 0.0405. The number of aryl methyl sites for hydroxylation is 1. The fraction of sp³-hybridized carbons (Fsp3) is 0.261. The third kappa shape index (κ3) is 5.54. The minimum atomic E-state index is -0.322. The average molecular weight is 380 g/mol. The normalized spacial score (nSPS) is 11.0. The molecule has 0 aliphatic rings. The van der Waals surface area contributed by atoms with Crippen LogP contribution in [0.5, 0.6) is 0 Å². The van der Waals surface area contributed by atoms with Gasteiger partial charge in [0.25, 0.3) is 0 Å². The number of benzene rings is 2. The van der Waals surface area contributed by atoms with Crippen molar-refractivity contribution in [1.29, 1.82) is 0 Å². The van der Waals surface area contributed by atoms with E-state index in [0.717, 1.165) is 12.1 Å². The van der Waals surface area contributed by atoms with E-state index in [1.807, 2.05) is 26.2 Å². The Morgan fingerprint density at radius 2 is 1.71 bits per heavy atom. The van der Waals surface area contributed by atoms with Crippen LogP contribution >= 0.6 is 0 Å². The molecule has 0 radical (unpaired) electrons. The molecule has 0 spiro atoms. The molecule has 3 rings (SSSR count). The Bertz CT molecular complexity index is 916. The summed E-state index contributed by atoms with van der Waals surface area (Å²) < 4.78 is 19.5. The molecule has 0 saturated carbocycles. The predicted octanol–water partition coefficient (Wildman–Crippen LogP) is 4.40. The van der Waals surface area contributed by atoms with E-state index in [1.165, 1.54) is 11.6 Å². The Hall–Kier alpha value is -2.92. The lowest BCUT2D eigenvalue weighted by Gasteiger charge is -2.10. The smallest absolute Gasteiger partial charge is 0.220 e. The van der Waals surface area contributed by atoms with Gasteiger partial charge in [-0.3, -0.25) is 4.79 Å². The SMILES string of the molecule is CN(C)Cc1ccc(CNC(=O)CCc2ccc(-c3ccccc3F)o2)cc1. The molecule has 4 nitrogen and oxygen atoms in total. The Morgan fingerprint density at radius 3 is 2.43 bits per heavy atom. The maximum Gasteiger partial charge on any atom is 0.220 e. The second kappa shape index (κ2) is 9.33. The quantitative estimate of drug-likeness (QED) is 0.630. The van der Waals surface area contributed by atoms with Crippen LogP contribution in [-0.2, 0) is 24.3 Å². The monoisotopic (exact) mass is 380 g/mol. The zero-order valence-corrected chi connectivity index (χ0v) is 16.2. The Kier molecular flexibility index (Phi) is 6.61. The van der Waals surface area contributed by atoms with Gasteiger partial charge in [0.2, 0.25) is 5.91 Å². The molecule has 1 aromatic heterocycles. The molecule has 0 unspecified atom stereocenters. The first kappa shape index (κ1) is 19.8. The van der Waals surface area contributed by atoms with Crippen LogP contribution in [0.15, 0.2) is 65.1 Å². The highest BCUT2D eigenvalue weighted by Gasteiger charge is 2.10. The van der Waals surface area contributed by atoms with E-state index in [9.17, 15) is 9.18 Å². The first-order chi connectivity index (χ1) is 13.5. The maximum absolute atomic E-state index is 13.8. The van der Waals surface area contributed by atoms with Gasteiger partial charge in [0.1, 0.15) is 17.3 Å². The number of hydrogen-bond donors (Lipinski definition) is 1. The first-order valence-electron chi connectivity index (χ1n) is 9.34. The fourth-order valence-electron chi connectivity index (χ4n) is 2.97. The van der Waals surface area contributed by atoms with Crippen LogP contribution in [0.3, 0.4) is 0 Å². The number of carbonyl (C=O) groups excluding carboxylic acids is 1. The summed E-state index contributed by atoms with van der Waals surface area (Å²) in [6, 6.07) is 18.2. The van der Waals surface area contributed by atoms with Crippen molar-refractivity contribution in [3.05, 3.63) is 83.4 Å². The molecule has 0 saturated heterocycles. The van der Waals surface area contributed by atoms with Crippen LogP contribution < -0.4 is 5.32 Å². The topological polar surface area (TPSA) is 45.5 Å². The van der Waals surface area contributed by atoms with Crippen LogP contribution in [-0.4, -0.2) is 24.9 Å². The van der Waals surface area contributed by atoms with Gasteiger partial charge in [-0.05, 0) is 49.5 Å². The number of halogens is 1. The molecular formula is C23H25FN2O2. The van der Waals surface area contributed by atoms with Crippen molar-refractivity contribution in [3.63, 3.8) is 0 Å². The van der Waals surface area contributed by atoms with E-state index in [2.05, 4.69) is 22.3 Å². The molecule has 28 heavy (non-hydrogen) atoms. The van der Waals surface area contributed by atoms with Gasteiger partial charge in [-0.1, -0.05) is 36.4 Å². The fourth-order valence-corrected chi connectivity index (χ4v) is 2.97. The summed E-state index contributed by atoms with van der Waals surface area (Å²) in [5.41, 5.74) is 2.73. The number of nitrogens with zero attached hydrogens (tertiary/aromatic N) is 1. The molecule has 3 aromatic rings. The van der Waals surface area contributed by atoms with Gasteiger partial charge in [-0.15, -0.1) is 0 Å². The number of nitrogens with one attached hydrogen (secondary N) is 1. The number of hydrogen-bond acceptors (Lipinski definition) is 3. The largest absolute Gasteiger partial charge is 0.461 e. The van der Waals surface area contributed by atoms with Gasteiger partial charge < -0.3 is 14.6 Å².